The first kappa shape index (κ1) is 18.5. The van der Waals surface area contributed by atoms with E-state index in [9.17, 15) is 13.2 Å². The van der Waals surface area contributed by atoms with Crippen LogP contribution in [0.4, 0.5) is 30.4 Å². The van der Waals surface area contributed by atoms with E-state index in [4.69, 9.17) is 10.5 Å². The number of nitrogens with zero attached hydrogens (tertiary/aromatic N) is 2. The van der Waals surface area contributed by atoms with Crippen molar-refractivity contribution in [1.29, 1.82) is 0 Å². The molecule has 0 bridgehead atoms. The number of halogens is 3. The molecule has 1 heterocycles. The SMILES string of the molecule is Cc1cc(C)cc(Oc2ncnc(Nc3cccc(C(F)(F)F)c3)c2N)c1. The molecule has 8 heteroatoms. The van der Waals surface area contributed by atoms with Gasteiger partial charge in [-0.1, -0.05) is 12.1 Å². The van der Waals surface area contributed by atoms with E-state index >= 15 is 0 Å². The van der Waals surface area contributed by atoms with E-state index in [0.717, 1.165) is 23.3 Å². The summed E-state index contributed by atoms with van der Waals surface area (Å²) < 4.78 is 44.3. The summed E-state index contributed by atoms with van der Waals surface area (Å²) >= 11 is 0. The van der Waals surface area contributed by atoms with Gasteiger partial charge >= 0.3 is 6.18 Å². The number of nitrogen functional groups attached to an aromatic ring is 1. The van der Waals surface area contributed by atoms with Crippen LogP contribution in [-0.2, 0) is 6.18 Å². The molecule has 0 saturated heterocycles. The van der Waals surface area contributed by atoms with Crippen molar-refractivity contribution in [2.24, 2.45) is 0 Å². The van der Waals surface area contributed by atoms with Crippen molar-refractivity contribution in [3.05, 3.63) is 65.5 Å². The number of aromatic nitrogens is 2. The standard InChI is InChI=1S/C19H17F3N4O/c1-11-6-12(2)8-15(7-11)27-18-16(23)17(24-10-25-18)26-14-5-3-4-13(9-14)19(20,21)22/h3-10H,23H2,1-2H3,(H,24,25,26). The molecule has 0 saturated carbocycles. The number of alkyl halides is 3. The van der Waals surface area contributed by atoms with Crippen LogP contribution in [0, 0.1) is 13.8 Å². The van der Waals surface area contributed by atoms with E-state index in [1.54, 1.807) is 0 Å². The van der Waals surface area contributed by atoms with E-state index in [0.29, 0.717) is 5.75 Å². The number of benzene rings is 2. The normalized spacial score (nSPS) is 11.3. The molecule has 0 radical (unpaired) electrons. The van der Waals surface area contributed by atoms with Crippen LogP contribution in [0.1, 0.15) is 16.7 Å². The highest BCUT2D eigenvalue weighted by Crippen LogP contribution is 2.34. The summed E-state index contributed by atoms with van der Waals surface area (Å²) in [6, 6.07) is 10.4. The molecule has 27 heavy (non-hydrogen) atoms. The highest BCUT2D eigenvalue weighted by molar-refractivity contribution is 5.72. The summed E-state index contributed by atoms with van der Waals surface area (Å²) in [6.07, 6.45) is -3.21. The quantitative estimate of drug-likeness (QED) is 0.654. The van der Waals surface area contributed by atoms with Crippen LogP contribution >= 0.6 is 0 Å². The fourth-order valence-corrected chi connectivity index (χ4v) is 2.57. The molecular formula is C19H17F3N4O. The van der Waals surface area contributed by atoms with E-state index in [-0.39, 0.29) is 23.1 Å². The molecule has 0 spiro atoms. The van der Waals surface area contributed by atoms with Gasteiger partial charge in [0.1, 0.15) is 17.8 Å². The van der Waals surface area contributed by atoms with Crippen LogP contribution in [0.25, 0.3) is 0 Å². The lowest BCUT2D eigenvalue weighted by molar-refractivity contribution is -0.137. The third-order valence-electron chi connectivity index (χ3n) is 3.71. The Balaban J connectivity index is 1.87. The minimum absolute atomic E-state index is 0.0917. The van der Waals surface area contributed by atoms with Crippen molar-refractivity contribution in [2.45, 2.75) is 20.0 Å². The van der Waals surface area contributed by atoms with Crippen LogP contribution in [-0.4, -0.2) is 9.97 Å². The number of aryl methyl sites for hydroxylation is 2. The van der Waals surface area contributed by atoms with Gasteiger partial charge in [0.25, 0.3) is 0 Å². The second-order valence-corrected chi connectivity index (χ2v) is 6.07. The Morgan fingerprint density at radius 2 is 1.70 bits per heavy atom. The second-order valence-electron chi connectivity index (χ2n) is 6.07. The van der Waals surface area contributed by atoms with Crippen LogP contribution < -0.4 is 15.8 Å². The Kier molecular flexibility index (Phi) is 4.89. The minimum Gasteiger partial charge on any atom is -0.437 e. The minimum atomic E-state index is -4.44. The first-order valence-corrected chi connectivity index (χ1v) is 8.03. The Bertz CT molecular complexity index is 953. The third-order valence-corrected chi connectivity index (χ3v) is 3.71. The maximum absolute atomic E-state index is 12.9. The summed E-state index contributed by atoms with van der Waals surface area (Å²) in [7, 11) is 0. The van der Waals surface area contributed by atoms with Gasteiger partial charge in [-0.3, -0.25) is 0 Å². The lowest BCUT2D eigenvalue weighted by Gasteiger charge is -2.13. The molecule has 5 nitrogen and oxygen atoms in total. The zero-order chi connectivity index (χ0) is 19.6. The molecule has 0 aliphatic rings. The predicted octanol–water partition coefficient (Wildman–Crippen LogP) is 5.23. The molecule has 140 valence electrons. The topological polar surface area (TPSA) is 73.1 Å². The maximum Gasteiger partial charge on any atom is 0.416 e. The zero-order valence-corrected chi connectivity index (χ0v) is 14.6. The first-order valence-electron chi connectivity index (χ1n) is 8.03. The number of rotatable bonds is 4. The van der Waals surface area contributed by atoms with Gasteiger partial charge in [0.05, 0.1) is 5.56 Å². The fourth-order valence-electron chi connectivity index (χ4n) is 2.57. The van der Waals surface area contributed by atoms with Crippen molar-refractivity contribution < 1.29 is 17.9 Å². The fraction of sp³-hybridized carbons (Fsp3) is 0.158. The van der Waals surface area contributed by atoms with Gasteiger partial charge in [0.15, 0.2) is 5.82 Å². The van der Waals surface area contributed by atoms with Crippen LogP contribution in [0.15, 0.2) is 48.8 Å². The maximum atomic E-state index is 12.9. The monoisotopic (exact) mass is 374 g/mol. The number of ether oxygens (including phenoxy) is 1. The lowest BCUT2D eigenvalue weighted by Crippen LogP contribution is -2.06. The Hall–Kier alpha value is -3.29. The highest BCUT2D eigenvalue weighted by Gasteiger charge is 2.30. The van der Waals surface area contributed by atoms with E-state index < -0.39 is 11.7 Å². The summed E-state index contributed by atoms with van der Waals surface area (Å²) in [5.41, 5.74) is 7.59. The molecule has 3 rings (SSSR count). The average Bonchev–Trinajstić information content (AvgIpc) is 2.57. The lowest BCUT2D eigenvalue weighted by atomic mass is 10.1. The van der Waals surface area contributed by atoms with Gasteiger partial charge in [-0.15, -0.1) is 0 Å². The number of hydrogen-bond donors (Lipinski definition) is 2. The number of hydrogen-bond acceptors (Lipinski definition) is 5. The van der Waals surface area contributed by atoms with Crippen LogP contribution in [0.3, 0.4) is 0 Å². The van der Waals surface area contributed by atoms with Gasteiger partial charge in [-0.25, -0.2) is 4.98 Å². The first-order chi connectivity index (χ1) is 12.7. The predicted molar refractivity (Wildman–Crippen MR) is 97.2 cm³/mol. The van der Waals surface area contributed by atoms with Gasteiger partial charge < -0.3 is 15.8 Å². The van der Waals surface area contributed by atoms with Crippen molar-refractivity contribution in [3.8, 4) is 11.6 Å². The smallest absolute Gasteiger partial charge is 0.416 e. The Morgan fingerprint density at radius 3 is 2.37 bits per heavy atom. The number of nitrogens with one attached hydrogen (secondary N) is 1. The van der Waals surface area contributed by atoms with Gasteiger partial charge in [-0.2, -0.15) is 18.2 Å². The van der Waals surface area contributed by atoms with E-state index in [1.807, 2.05) is 32.0 Å². The molecule has 0 atom stereocenters. The van der Waals surface area contributed by atoms with E-state index in [2.05, 4.69) is 15.3 Å². The molecule has 0 unspecified atom stereocenters. The average molecular weight is 374 g/mol. The summed E-state index contributed by atoms with van der Waals surface area (Å²) in [4.78, 5) is 8.01. The summed E-state index contributed by atoms with van der Waals surface area (Å²) in [5.74, 6) is 0.830. The van der Waals surface area contributed by atoms with Gasteiger partial charge in [-0.05, 0) is 55.3 Å². The van der Waals surface area contributed by atoms with Crippen molar-refractivity contribution in [1.82, 2.24) is 9.97 Å². The zero-order valence-electron chi connectivity index (χ0n) is 14.6. The molecule has 0 amide bonds. The molecule has 3 N–H and O–H groups in total. The second kappa shape index (κ2) is 7.14. The van der Waals surface area contributed by atoms with Gasteiger partial charge in [0, 0.05) is 5.69 Å². The molecule has 0 aliphatic carbocycles. The number of nitrogens with two attached hydrogens (primary N) is 1. The van der Waals surface area contributed by atoms with Gasteiger partial charge in [0.2, 0.25) is 5.88 Å². The van der Waals surface area contributed by atoms with Crippen molar-refractivity contribution >= 4 is 17.2 Å². The third kappa shape index (κ3) is 4.46. The molecular weight excluding hydrogens is 357 g/mol. The molecule has 3 aromatic rings. The molecule has 2 aromatic carbocycles. The summed E-state index contributed by atoms with van der Waals surface area (Å²) in [5, 5.41) is 2.78. The molecule has 0 fully saturated rings. The largest absolute Gasteiger partial charge is 0.437 e. The van der Waals surface area contributed by atoms with Crippen molar-refractivity contribution in [3.63, 3.8) is 0 Å². The molecule has 1 aromatic heterocycles. The van der Waals surface area contributed by atoms with E-state index in [1.165, 1.54) is 18.5 Å². The van der Waals surface area contributed by atoms with Crippen LogP contribution in [0.2, 0.25) is 0 Å². The Labute approximate surface area is 154 Å². The Morgan fingerprint density at radius 1 is 1.00 bits per heavy atom. The van der Waals surface area contributed by atoms with Crippen molar-refractivity contribution in [2.75, 3.05) is 11.1 Å². The van der Waals surface area contributed by atoms with Crippen LogP contribution in [0.5, 0.6) is 11.6 Å². The molecule has 0 aliphatic heterocycles. The number of anilines is 3. The highest BCUT2D eigenvalue weighted by atomic mass is 19.4. The summed E-state index contributed by atoms with van der Waals surface area (Å²) in [6.45, 7) is 3.87.